The predicted molar refractivity (Wildman–Crippen MR) is 86.5 cm³/mol. The van der Waals surface area contributed by atoms with E-state index in [9.17, 15) is 13.2 Å². The molecule has 6 nitrogen and oxygen atoms in total. The molecule has 0 aliphatic heterocycles. The Hall–Kier alpha value is -2.06. The number of benzene rings is 2. The summed E-state index contributed by atoms with van der Waals surface area (Å²) in [6.07, 6.45) is 0. The zero-order valence-corrected chi connectivity index (χ0v) is 13.9. The zero-order chi connectivity index (χ0) is 16.3. The van der Waals surface area contributed by atoms with Gasteiger partial charge in [0.15, 0.2) is 0 Å². The number of nitrogens with one attached hydrogen (secondary N) is 1. The van der Waals surface area contributed by atoms with Gasteiger partial charge in [-0.2, -0.15) is 0 Å². The molecule has 8 heteroatoms. The maximum absolute atomic E-state index is 12.4. The molecule has 2 rings (SSSR count). The van der Waals surface area contributed by atoms with Crippen LogP contribution in [0.4, 0.5) is 5.69 Å². The van der Waals surface area contributed by atoms with Crippen molar-refractivity contribution in [2.75, 3.05) is 11.8 Å². The first-order valence-corrected chi connectivity index (χ1v) is 8.38. The first-order chi connectivity index (χ1) is 10.3. The van der Waals surface area contributed by atoms with Crippen molar-refractivity contribution in [3.8, 4) is 5.75 Å². The molecule has 116 valence electrons. The summed E-state index contributed by atoms with van der Waals surface area (Å²) in [6.45, 7) is 0. The molecule has 0 aromatic heterocycles. The number of carbonyl (C=O) groups is 1. The molecule has 0 atom stereocenters. The smallest absolute Gasteiger partial charge is 0.262 e. The molecule has 2 aromatic rings. The van der Waals surface area contributed by atoms with Crippen LogP contribution in [0.2, 0.25) is 0 Å². The third-order valence-corrected chi connectivity index (χ3v) is 4.89. The fraction of sp³-hybridized carbons (Fsp3) is 0.0714. The first kappa shape index (κ1) is 16.3. The van der Waals surface area contributed by atoms with Gasteiger partial charge in [-0.05, 0) is 40.2 Å². The molecular formula is C14H13BrN2O4S. The minimum absolute atomic E-state index is 0.00632. The highest BCUT2D eigenvalue weighted by molar-refractivity contribution is 9.10. The monoisotopic (exact) mass is 384 g/mol. The zero-order valence-electron chi connectivity index (χ0n) is 11.5. The van der Waals surface area contributed by atoms with Crippen LogP contribution in [-0.4, -0.2) is 21.4 Å². The third-order valence-electron chi connectivity index (χ3n) is 2.87. The van der Waals surface area contributed by atoms with Crippen LogP contribution in [0.25, 0.3) is 0 Å². The Balaban J connectivity index is 2.43. The molecule has 0 aliphatic rings. The number of hydrogen-bond acceptors (Lipinski definition) is 4. The van der Waals surface area contributed by atoms with Crippen LogP contribution >= 0.6 is 15.9 Å². The molecule has 0 saturated carbocycles. The molecule has 0 unspecified atom stereocenters. The van der Waals surface area contributed by atoms with E-state index in [1.165, 1.54) is 31.4 Å². The minimum Gasteiger partial charge on any atom is -0.496 e. The van der Waals surface area contributed by atoms with E-state index in [1.54, 1.807) is 18.2 Å². The third kappa shape index (κ3) is 3.40. The summed E-state index contributed by atoms with van der Waals surface area (Å²) < 4.78 is 32.9. The van der Waals surface area contributed by atoms with Gasteiger partial charge in [0.25, 0.3) is 15.9 Å². The van der Waals surface area contributed by atoms with Gasteiger partial charge in [0.05, 0.1) is 27.7 Å². The maximum atomic E-state index is 12.4. The standard InChI is InChI=1S/C14H13BrN2O4S/c1-21-13-8-9(6-7-11(13)15)22(19,20)17-12-5-3-2-4-10(12)14(16)18/h2-8,17H,1H3,(H2,16,18). The van der Waals surface area contributed by atoms with Gasteiger partial charge in [-0.25, -0.2) is 8.42 Å². The van der Waals surface area contributed by atoms with Gasteiger partial charge in [-0.3, -0.25) is 9.52 Å². The van der Waals surface area contributed by atoms with Gasteiger partial charge >= 0.3 is 0 Å². The SMILES string of the molecule is COc1cc(S(=O)(=O)Nc2ccccc2C(N)=O)ccc1Br. The van der Waals surface area contributed by atoms with Crippen LogP contribution in [0.5, 0.6) is 5.75 Å². The average Bonchev–Trinajstić information content (AvgIpc) is 2.47. The van der Waals surface area contributed by atoms with E-state index in [1.807, 2.05) is 0 Å². The number of hydrogen-bond donors (Lipinski definition) is 2. The van der Waals surface area contributed by atoms with Crippen LogP contribution < -0.4 is 15.2 Å². The van der Waals surface area contributed by atoms with Gasteiger partial charge in [0.2, 0.25) is 0 Å². The second-order valence-corrected chi connectivity index (χ2v) is 6.85. The molecule has 0 aliphatic carbocycles. The molecule has 3 N–H and O–H groups in total. The quantitative estimate of drug-likeness (QED) is 0.826. The number of anilines is 1. The highest BCUT2D eigenvalue weighted by atomic mass is 79.9. The molecule has 0 saturated heterocycles. The Labute approximate surface area is 136 Å². The summed E-state index contributed by atoms with van der Waals surface area (Å²) in [5.74, 6) is -0.335. The number of sulfonamides is 1. The van der Waals surface area contributed by atoms with Crippen molar-refractivity contribution >= 4 is 37.5 Å². The van der Waals surface area contributed by atoms with Gasteiger partial charge < -0.3 is 10.5 Å². The maximum Gasteiger partial charge on any atom is 0.262 e. The predicted octanol–water partition coefficient (Wildman–Crippen LogP) is 2.36. The van der Waals surface area contributed by atoms with E-state index in [-0.39, 0.29) is 16.1 Å². The highest BCUT2D eigenvalue weighted by Gasteiger charge is 2.19. The Kier molecular flexibility index (Phi) is 4.72. The Morgan fingerprint density at radius 2 is 1.91 bits per heavy atom. The topological polar surface area (TPSA) is 98.5 Å². The van der Waals surface area contributed by atoms with E-state index >= 15 is 0 Å². The number of carbonyl (C=O) groups excluding carboxylic acids is 1. The molecule has 1 amide bonds. The van der Waals surface area contributed by atoms with E-state index in [0.717, 1.165) is 0 Å². The Bertz CT molecular complexity index is 821. The number of nitrogens with two attached hydrogens (primary N) is 1. The molecule has 0 fully saturated rings. The second-order valence-electron chi connectivity index (χ2n) is 4.31. The van der Waals surface area contributed by atoms with Crippen molar-refractivity contribution in [1.29, 1.82) is 0 Å². The number of amides is 1. The van der Waals surface area contributed by atoms with Gasteiger partial charge in [0.1, 0.15) is 5.75 Å². The van der Waals surface area contributed by atoms with Crippen molar-refractivity contribution in [2.45, 2.75) is 4.90 Å². The summed E-state index contributed by atoms with van der Waals surface area (Å²) in [7, 11) is -2.44. The van der Waals surface area contributed by atoms with E-state index in [0.29, 0.717) is 10.2 Å². The Morgan fingerprint density at radius 1 is 1.23 bits per heavy atom. The molecule has 0 spiro atoms. The van der Waals surface area contributed by atoms with E-state index < -0.39 is 15.9 Å². The molecule has 0 radical (unpaired) electrons. The number of rotatable bonds is 5. The average molecular weight is 385 g/mol. The Morgan fingerprint density at radius 3 is 2.55 bits per heavy atom. The molecule has 22 heavy (non-hydrogen) atoms. The number of primary amides is 1. The summed E-state index contributed by atoms with van der Waals surface area (Å²) in [6, 6.07) is 10.5. The van der Waals surface area contributed by atoms with Gasteiger partial charge in [0, 0.05) is 6.07 Å². The fourth-order valence-electron chi connectivity index (χ4n) is 1.80. The first-order valence-electron chi connectivity index (χ1n) is 6.10. The largest absolute Gasteiger partial charge is 0.496 e. The lowest BCUT2D eigenvalue weighted by Crippen LogP contribution is -2.18. The van der Waals surface area contributed by atoms with Gasteiger partial charge in [-0.15, -0.1) is 0 Å². The van der Waals surface area contributed by atoms with E-state index in [4.69, 9.17) is 10.5 Å². The minimum atomic E-state index is -3.88. The van der Waals surface area contributed by atoms with Crippen LogP contribution in [0.3, 0.4) is 0 Å². The lowest BCUT2D eigenvalue weighted by Gasteiger charge is -2.12. The number of methoxy groups -OCH3 is 1. The van der Waals surface area contributed by atoms with Crippen molar-refractivity contribution in [3.05, 3.63) is 52.5 Å². The summed E-state index contributed by atoms with van der Waals surface area (Å²) in [5, 5.41) is 0. The molecule has 0 bridgehead atoms. The molecular weight excluding hydrogens is 372 g/mol. The molecule has 2 aromatic carbocycles. The van der Waals surface area contributed by atoms with Crippen molar-refractivity contribution in [2.24, 2.45) is 5.73 Å². The fourth-order valence-corrected chi connectivity index (χ4v) is 3.30. The van der Waals surface area contributed by atoms with Crippen molar-refractivity contribution < 1.29 is 17.9 Å². The van der Waals surface area contributed by atoms with Crippen LogP contribution in [-0.2, 0) is 10.0 Å². The molecule has 0 heterocycles. The van der Waals surface area contributed by atoms with Crippen molar-refractivity contribution in [1.82, 2.24) is 0 Å². The normalized spacial score (nSPS) is 11.0. The van der Waals surface area contributed by atoms with Crippen LogP contribution in [0, 0.1) is 0 Å². The van der Waals surface area contributed by atoms with Crippen LogP contribution in [0.1, 0.15) is 10.4 Å². The van der Waals surface area contributed by atoms with Crippen LogP contribution in [0.15, 0.2) is 51.8 Å². The number of ether oxygens (including phenoxy) is 1. The highest BCUT2D eigenvalue weighted by Crippen LogP contribution is 2.28. The van der Waals surface area contributed by atoms with Crippen molar-refractivity contribution in [3.63, 3.8) is 0 Å². The van der Waals surface area contributed by atoms with Gasteiger partial charge in [-0.1, -0.05) is 12.1 Å². The lowest BCUT2D eigenvalue weighted by atomic mass is 10.2. The number of halogens is 1. The second kappa shape index (κ2) is 6.37. The summed E-state index contributed by atoms with van der Waals surface area (Å²) in [4.78, 5) is 11.4. The summed E-state index contributed by atoms with van der Waals surface area (Å²) >= 11 is 3.25. The number of para-hydroxylation sites is 1. The lowest BCUT2D eigenvalue weighted by molar-refractivity contribution is 0.100. The summed E-state index contributed by atoms with van der Waals surface area (Å²) in [5.41, 5.74) is 5.45. The van der Waals surface area contributed by atoms with E-state index in [2.05, 4.69) is 20.7 Å².